The van der Waals surface area contributed by atoms with Crippen LogP contribution in [-0.4, -0.2) is 23.9 Å². The summed E-state index contributed by atoms with van der Waals surface area (Å²) in [6.07, 6.45) is 4.59. The third-order valence-electron chi connectivity index (χ3n) is 3.42. The van der Waals surface area contributed by atoms with E-state index >= 15 is 0 Å². The zero-order valence-corrected chi connectivity index (χ0v) is 11.8. The molecule has 1 aliphatic rings. The number of ether oxygens (including phenoxy) is 1. The van der Waals surface area contributed by atoms with Crippen LogP contribution in [0.3, 0.4) is 0 Å². The minimum atomic E-state index is -0.296. The van der Waals surface area contributed by atoms with Crippen LogP contribution >= 0.6 is 27.3 Å². The molecule has 1 aromatic rings. The smallest absolute Gasteiger partial charge is 0.0703 e. The highest BCUT2D eigenvalue weighted by Gasteiger charge is 2.38. The summed E-state index contributed by atoms with van der Waals surface area (Å²) in [7, 11) is 1.76. The molecule has 0 aliphatic heterocycles. The quantitative estimate of drug-likeness (QED) is 0.904. The highest BCUT2D eigenvalue weighted by Crippen LogP contribution is 2.39. The largest absolute Gasteiger partial charge is 0.393 e. The molecular formula is C12H17BrO2S. The summed E-state index contributed by atoms with van der Waals surface area (Å²) in [5, 5.41) is 12.1. The van der Waals surface area contributed by atoms with Gasteiger partial charge in [0.15, 0.2) is 0 Å². The van der Waals surface area contributed by atoms with Crippen molar-refractivity contribution in [2.24, 2.45) is 0 Å². The van der Waals surface area contributed by atoms with Crippen molar-refractivity contribution < 1.29 is 9.84 Å². The fourth-order valence-electron chi connectivity index (χ4n) is 2.25. The van der Waals surface area contributed by atoms with E-state index < -0.39 is 0 Å². The number of aliphatic hydroxyl groups excluding tert-OH is 1. The zero-order chi connectivity index (χ0) is 11.6. The Morgan fingerprint density at radius 2 is 2.38 bits per heavy atom. The molecule has 0 aromatic carbocycles. The number of thiophene rings is 1. The molecule has 16 heavy (non-hydrogen) atoms. The Bertz CT molecular complexity index is 341. The molecule has 4 heteroatoms. The van der Waals surface area contributed by atoms with Crippen molar-refractivity contribution in [2.75, 3.05) is 7.11 Å². The predicted octanol–water partition coefficient (Wildman–Crippen LogP) is 3.37. The summed E-state index contributed by atoms with van der Waals surface area (Å²) in [5.74, 6) is 0. The Hall–Kier alpha value is 0.100. The van der Waals surface area contributed by atoms with E-state index in [1.807, 2.05) is 11.4 Å². The molecule has 2 rings (SSSR count). The summed E-state index contributed by atoms with van der Waals surface area (Å²) in [6, 6.07) is 2.03. The van der Waals surface area contributed by atoms with Gasteiger partial charge in [0, 0.05) is 29.3 Å². The van der Waals surface area contributed by atoms with Gasteiger partial charge in [-0.15, -0.1) is 11.3 Å². The Balaban J connectivity index is 1.89. The number of halogens is 1. The van der Waals surface area contributed by atoms with Gasteiger partial charge < -0.3 is 9.84 Å². The molecule has 0 spiro atoms. The van der Waals surface area contributed by atoms with Crippen LogP contribution in [0.5, 0.6) is 0 Å². The lowest BCUT2D eigenvalue weighted by atomic mass is 9.76. The average molecular weight is 305 g/mol. The van der Waals surface area contributed by atoms with Crippen molar-refractivity contribution in [1.82, 2.24) is 0 Å². The molecule has 0 saturated heterocycles. The second-order valence-electron chi connectivity index (χ2n) is 4.49. The molecule has 1 heterocycles. The number of aliphatic hydroxyl groups is 1. The van der Waals surface area contributed by atoms with E-state index in [0.29, 0.717) is 0 Å². The van der Waals surface area contributed by atoms with Crippen LogP contribution in [0.15, 0.2) is 15.9 Å². The third kappa shape index (κ3) is 2.67. The van der Waals surface area contributed by atoms with Crippen LogP contribution in [0.2, 0.25) is 0 Å². The van der Waals surface area contributed by atoms with Crippen molar-refractivity contribution in [3.05, 3.63) is 20.8 Å². The second kappa shape index (κ2) is 5.17. The molecule has 1 atom stereocenters. The normalized spacial score (nSPS) is 20.4. The van der Waals surface area contributed by atoms with Crippen LogP contribution < -0.4 is 0 Å². The van der Waals surface area contributed by atoms with Crippen molar-refractivity contribution in [2.45, 2.75) is 43.8 Å². The topological polar surface area (TPSA) is 29.5 Å². The number of rotatable bonds is 5. The summed E-state index contributed by atoms with van der Waals surface area (Å²) in [6.45, 7) is 0. The van der Waals surface area contributed by atoms with Gasteiger partial charge in [-0.25, -0.2) is 0 Å². The Morgan fingerprint density at radius 3 is 2.81 bits per heavy atom. The average Bonchev–Trinajstić information content (AvgIpc) is 2.58. The van der Waals surface area contributed by atoms with Crippen LogP contribution in [0.4, 0.5) is 0 Å². The summed E-state index contributed by atoms with van der Waals surface area (Å²) in [5.41, 5.74) is -0.0385. The fraction of sp³-hybridized carbons (Fsp3) is 0.667. The van der Waals surface area contributed by atoms with Gasteiger partial charge in [0.2, 0.25) is 0 Å². The molecule has 0 radical (unpaired) electrons. The lowest BCUT2D eigenvalue weighted by Gasteiger charge is -2.41. The SMILES string of the molecule is COC1(CC(O)Cc2sccc2Br)CCC1. The van der Waals surface area contributed by atoms with E-state index in [4.69, 9.17) is 4.74 Å². The minimum absolute atomic E-state index is 0.0385. The minimum Gasteiger partial charge on any atom is -0.393 e. The second-order valence-corrected chi connectivity index (χ2v) is 6.35. The maximum absolute atomic E-state index is 10.1. The molecular weight excluding hydrogens is 288 g/mol. The third-order valence-corrected chi connectivity index (χ3v) is 5.37. The van der Waals surface area contributed by atoms with E-state index in [1.165, 1.54) is 11.3 Å². The zero-order valence-electron chi connectivity index (χ0n) is 9.41. The molecule has 0 amide bonds. The maximum Gasteiger partial charge on any atom is 0.0703 e. The van der Waals surface area contributed by atoms with Crippen LogP contribution in [-0.2, 0) is 11.2 Å². The van der Waals surface area contributed by atoms with E-state index in [9.17, 15) is 5.11 Å². The lowest BCUT2D eigenvalue weighted by Crippen LogP contribution is -2.42. The monoisotopic (exact) mass is 304 g/mol. The van der Waals surface area contributed by atoms with Gasteiger partial charge in [-0.1, -0.05) is 0 Å². The summed E-state index contributed by atoms with van der Waals surface area (Å²) >= 11 is 5.18. The first kappa shape index (κ1) is 12.6. The Labute approximate surface area is 109 Å². The van der Waals surface area contributed by atoms with Gasteiger partial charge in [0.25, 0.3) is 0 Å². The van der Waals surface area contributed by atoms with Crippen molar-refractivity contribution in [3.63, 3.8) is 0 Å². The maximum atomic E-state index is 10.1. The van der Waals surface area contributed by atoms with Gasteiger partial charge in [-0.2, -0.15) is 0 Å². The summed E-state index contributed by atoms with van der Waals surface area (Å²) in [4.78, 5) is 1.22. The molecule has 1 N–H and O–H groups in total. The van der Waals surface area contributed by atoms with E-state index in [1.54, 1.807) is 18.4 Å². The molecule has 90 valence electrons. The van der Waals surface area contributed by atoms with Gasteiger partial charge in [0.05, 0.1) is 11.7 Å². The standard InChI is InChI=1S/C12H17BrO2S/c1-15-12(4-2-5-12)8-9(14)7-11-10(13)3-6-16-11/h3,6,9,14H,2,4-5,7-8H2,1H3. The Kier molecular flexibility index (Phi) is 4.06. The van der Waals surface area contributed by atoms with E-state index in [-0.39, 0.29) is 11.7 Å². The first-order valence-electron chi connectivity index (χ1n) is 5.60. The highest BCUT2D eigenvalue weighted by molar-refractivity contribution is 9.10. The van der Waals surface area contributed by atoms with Crippen molar-refractivity contribution in [1.29, 1.82) is 0 Å². The van der Waals surface area contributed by atoms with Crippen molar-refractivity contribution in [3.8, 4) is 0 Å². The van der Waals surface area contributed by atoms with Crippen LogP contribution in [0, 0.1) is 0 Å². The number of hydrogen-bond donors (Lipinski definition) is 1. The van der Waals surface area contributed by atoms with E-state index in [2.05, 4.69) is 15.9 Å². The van der Waals surface area contributed by atoms with Gasteiger partial charge >= 0.3 is 0 Å². The first-order chi connectivity index (χ1) is 7.65. The molecule has 1 fully saturated rings. The number of hydrogen-bond acceptors (Lipinski definition) is 3. The van der Waals surface area contributed by atoms with E-state index in [0.717, 1.165) is 30.2 Å². The molecule has 1 saturated carbocycles. The molecule has 1 aromatic heterocycles. The van der Waals surface area contributed by atoms with Gasteiger partial charge in [-0.3, -0.25) is 0 Å². The first-order valence-corrected chi connectivity index (χ1v) is 7.27. The molecule has 1 aliphatic carbocycles. The molecule has 2 nitrogen and oxygen atoms in total. The highest BCUT2D eigenvalue weighted by atomic mass is 79.9. The van der Waals surface area contributed by atoms with Crippen molar-refractivity contribution >= 4 is 27.3 Å². The van der Waals surface area contributed by atoms with Crippen LogP contribution in [0.25, 0.3) is 0 Å². The van der Waals surface area contributed by atoms with Gasteiger partial charge in [0.1, 0.15) is 0 Å². The molecule has 1 unspecified atom stereocenters. The Morgan fingerprint density at radius 1 is 1.62 bits per heavy atom. The number of methoxy groups -OCH3 is 1. The predicted molar refractivity (Wildman–Crippen MR) is 69.9 cm³/mol. The summed E-state index contributed by atoms with van der Waals surface area (Å²) < 4.78 is 6.63. The van der Waals surface area contributed by atoms with Gasteiger partial charge in [-0.05, 0) is 46.6 Å². The fourth-order valence-corrected chi connectivity index (χ4v) is 3.84. The van der Waals surface area contributed by atoms with Crippen LogP contribution in [0.1, 0.15) is 30.6 Å². The molecule has 0 bridgehead atoms. The lowest BCUT2D eigenvalue weighted by molar-refractivity contribution is -0.0988.